The lowest BCUT2D eigenvalue weighted by Gasteiger charge is -2.22. The van der Waals surface area contributed by atoms with E-state index in [1.165, 1.54) is 51.4 Å². The maximum absolute atomic E-state index is 11.5. The normalized spacial score (nSPS) is 15.4. The molecule has 31 heavy (non-hydrogen) atoms. The van der Waals surface area contributed by atoms with Crippen LogP contribution in [0.4, 0.5) is 0 Å². The molecule has 0 rings (SSSR count). The van der Waals surface area contributed by atoms with E-state index >= 15 is 0 Å². The van der Waals surface area contributed by atoms with Gasteiger partial charge in [-0.3, -0.25) is 9.59 Å². The van der Waals surface area contributed by atoms with Gasteiger partial charge in [0.25, 0.3) is 0 Å². The first-order chi connectivity index (χ1) is 14.8. The zero-order valence-corrected chi connectivity index (χ0v) is 22.1. The Kier molecular flexibility index (Phi) is 20.0. The molecule has 0 bridgehead atoms. The zero-order valence-electron chi connectivity index (χ0n) is 20.4. The van der Waals surface area contributed by atoms with E-state index in [1.807, 2.05) is 37.4 Å². The van der Waals surface area contributed by atoms with Crippen LogP contribution < -0.4 is 0 Å². The lowest BCUT2D eigenvalue weighted by Crippen LogP contribution is -2.24. The summed E-state index contributed by atoms with van der Waals surface area (Å²) in [6.45, 7) is 8.09. The number of thioether (sulfide) groups is 2. The molecule has 0 heterocycles. The largest absolute Gasteiger partial charge is 0.481 e. The van der Waals surface area contributed by atoms with Crippen molar-refractivity contribution in [2.75, 3.05) is 11.5 Å². The van der Waals surface area contributed by atoms with Gasteiger partial charge in [0.15, 0.2) is 0 Å². The summed E-state index contributed by atoms with van der Waals surface area (Å²) in [5.41, 5.74) is 0. The Morgan fingerprint density at radius 1 is 0.613 bits per heavy atom. The molecule has 4 unspecified atom stereocenters. The predicted molar refractivity (Wildman–Crippen MR) is 137 cm³/mol. The number of unbranched alkanes of at least 4 members (excludes halogenated alkanes) is 8. The monoisotopic (exact) mass is 476 g/mol. The first-order valence-electron chi connectivity index (χ1n) is 12.5. The average Bonchev–Trinajstić information content (AvgIpc) is 2.74. The van der Waals surface area contributed by atoms with Crippen LogP contribution in [0, 0.1) is 11.8 Å². The minimum Gasteiger partial charge on any atom is -0.481 e. The van der Waals surface area contributed by atoms with Gasteiger partial charge in [0, 0.05) is 10.5 Å². The van der Waals surface area contributed by atoms with E-state index in [-0.39, 0.29) is 22.3 Å². The zero-order chi connectivity index (χ0) is 23.5. The Hall–Kier alpha value is -0.360. The van der Waals surface area contributed by atoms with Crippen molar-refractivity contribution < 1.29 is 19.8 Å². The standard InChI is InChI=1S/C25H48O4S2/c1-5-7-9-14-18-30-22(20(3)24(26)27)16-12-11-13-17-23(21(4)25(28)29)31-19-15-10-8-6-2/h20-23H,5-19H2,1-4H3,(H,26,27)(H,28,29). The number of hydrogen-bond acceptors (Lipinski definition) is 4. The smallest absolute Gasteiger partial charge is 0.307 e. The number of rotatable bonds is 22. The van der Waals surface area contributed by atoms with Crippen LogP contribution in [0.15, 0.2) is 0 Å². The summed E-state index contributed by atoms with van der Waals surface area (Å²) in [6.07, 6.45) is 14.8. The second-order valence-electron chi connectivity index (χ2n) is 8.83. The van der Waals surface area contributed by atoms with Gasteiger partial charge >= 0.3 is 11.9 Å². The van der Waals surface area contributed by atoms with Crippen LogP contribution in [0.25, 0.3) is 0 Å². The molecule has 0 spiro atoms. The minimum absolute atomic E-state index is 0.181. The predicted octanol–water partition coefficient (Wildman–Crippen LogP) is 7.74. The van der Waals surface area contributed by atoms with Gasteiger partial charge in [-0.05, 0) is 37.2 Å². The Balaban J connectivity index is 4.35. The topological polar surface area (TPSA) is 74.6 Å². The summed E-state index contributed by atoms with van der Waals surface area (Å²) < 4.78 is 0. The number of aliphatic carboxylic acids is 2. The molecule has 0 aromatic rings. The summed E-state index contributed by atoms with van der Waals surface area (Å²) >= 11 is 3.67. The van der Waals surface area contributed by atoms with Crippen LogP contribution in [0.3, 0.4) is 0 Å². The highest BCUT2D eigenvalue weighted by molar-refractivity contribution is 8.00. The third kappa shape index (κ3) is 16.0. The van der Waals surface area contributed by atoms with E-state index in [9.17, 15) is 19.8 Å². The van der Waals surface area contributed by atoms with Crippen molar-refractivity contribution in [3.63, 3.8) is 0 Å². The van der Waals surface area contributed by atoms with Gasteiger partial charge in [0.2, 0.25) is 0 Å². The first-order valence-corrected chi connectivity index (χ1v) is 14.6. The number of carbonyl (C=O) groups is 2. The molecular formula is C25H48O4S2. The Labute approximate surface area is 200 Å². The third-order valence-corrected chi connectivity index (χ3v) is 9.22. The van der Waals surface area contributed by atoms with E-state index in [2.05, 4.69) is 13.8 Å². The second-order valence-corrected chi connectivity index (χ2v) is 11.5. The first kappa shape index (κ1) is 30.6. The van der Waals surface area contributed by atoms with Crippen LogP contribution in [-0.2, 0) is 9.59 Å². The fourth-order valence-corrected chi connectivity index (χ4v) is 6.49. The van der Waals surface area contributed by atoms with Crippen LogP contribution in [-0.4, -0.2) is 44.2 Å². The van der Waals surface area contributed by atoms with Gasteiger partial charge in [0.1, 0.15) is 0 Å². The molecule has 4 atom stereocenters. The van der Waals surface area contributed by atoms with Crippen LogP contribution in [0.5, 0.6) is 0 Å². The van der Waals surface area contributed by atoms with Crippen molar-refractivity contribution in [1.29, 1.82) is 0 Å². The Bertz CT molecular complexity index is 419. The molecule has 0 aromatic carbocycles. The van der Waals surface area contributed by atoms with Crippen molar-refractivity contribution in [1.82, 2.24) is 0 Å². The van der Waals surface area contributed by atoms with Crippen molar-refractivity contribution in [2.45, 2.75) is 122 Å². The summed E-state index contributed by atoms with van der Waals surface area (Å²) in [4.78, 5) is 23.0. The molecule has 0 aliphatic carbocycles. The molecule has 0 amide bonds. The van der Waals surface area contributed by atoms with Crippen molar-refractivity contribution >= 4 is 35.5 Å². The van der Waals surface area contributed by atoms with E-state index < -0.39 is 11.9 Å². The summed E-state index contributed by atoms with van der Waals surface area (Å²) in [5, 5.41) is 19.3. The maximum atomic E-state index is 11.5. The van der Waals surface area contributed by atoms with Gasteiger partial charge in [-0.1, -0.05) is 85.5 Å². The van der Waals surface area contributed by atoms with Gasteiger partial charge in [0.05, 0.1) is 11.8 Å². The average molecular weight is 477 g/mol. The highest BCUT2D eigenvalue weighted by Gasteiger charge is 2.25. The molecule has 2 N–H and O–H groups in total. The van der Waals surface area contributed by atoms with Crippen LogP contribution >= 0.6 is 23.5 Å². The summed E-state index contributed by atoms with van der Waals surface area (Å²) in [5.74, 6) is 0.0932. The molecule has 6 heteroatoms. The van der Waals surface area contributed by atoms with Crippen LogP contribution in [0.2, 0.25) is 0 Å². The molecule has 0 aliphatic heterocycles. The van der Waals surface area contributed by atoms with Gasteiger partial charge < -0.3 is 10.2 Å². The molecule has 4 nitrogen and oxygen atoms in total. The van der Waals surface area contributed by atoms with E-state index in [4.69, 9.17) is 0 Å². The quantitative estimate of drug-likeness (QED) is 0.156. The number of hydrogen-bond donors (Lipinski definition) is 2. The Morgan fingerprint density at radius 2 is 0.968 bits per heavy atom. The van der Waals surface area contributed by atoms with Crippen molar-refractivity contribution in [2.24, 2.45) is 11.8 Å². The molecule has 0 radical (unpaired) electrons. The lowest BCUT2D eigenvalue weighted by atomic mass is 9.99. The highest BCUT2D eigenvalue weighted by atomic mass is 32.2. The maximum Gasteiger partial charge on any atom is 0.307 e. The third-order valence-electron chi connectivity index (χ3n) is 6.03. The SMILES string of the molecule is CCCCCCSC(CCCCCC(SCCCCCC)C(C)C(=O)O)C(C)C(=O)O. The summed E-state index contributed by atoms with van der Waals surface area (Å²) in [6, 6.07) is 0. The molecule has 0 aromatic heterocycles. The molecule has 0 saturated heterocycles. The fraction of sp³-hybridized carbons (Fsp3) is 0.920. The molecule has 0 aliphatic rings. The summed E-state index contributed by atoms with van der Waals surface area (Å²) in [7, 11) is 0. The lowest BCUT2D eigenvalue weighted by molar-refractivity contribution is -0.142. The highest BCUT2D eigenvalue weighted by Crippen LogP contribution is 2.29. The molecule has 0 saturated carbocycles. The second kappa shape index (κ2) is 20.3. The van der Waals surface area contributed by atoms with E-state index in [0.717, 1.165) is 43.6 Å². The van der Waals surface area contributed by atoms with Crippen LogP contribution in [0.1, 0.15) is 111 Å². The molecular weight excluding hydrogens is 428 g/mol. The Morgan fingerprint density at radius 3 is 1.29 bits per heavy atom. The van der Waals surface area contributed by atoms with Crippen molar-refractivity contribution in [3.05, 3.63) is 0 Å². The minimum atomic E-state index is -0.694. The van der Waals surface area contributed by atoms with Gasteiger partial charge in [-0.2, -0.15) is 23.5 Å². The fourth-order valence-electron chi connectivity index (χ4n) is 3.67. The van der Waals surface area contributed by atoms with E-state index in [0.29, 0.717) is 0 Å². The number of carboxylic acid groups (broad SMARTS) is 2. The number of carboxylic acids is 2. The van der Waals surface area contributed by atoms with Gasteiger partial charge in [-0.15, -0.1) is 0 Å². The molecule has 0 fully saturated rings. The van der Waals surface area contributed by atoms with Gasteiger partial charge in [-0.25, -0.2) is 0 Å². The molecule has 184 valence electrons. The van der Waals surface area contributed by atoms with E-state index in [1.54, 1.807) is 0 Å². The van der Waals surface area contributed by atoms with Crippen molar-refractivity contribution in [3.8, 4) is 0 Å².